The van der Waals surface area contributed by atoms with Crippen molar-refractivity contribution in [1.82, 2.24) is 20.2 Å². The molecule has 2 rings (SSSR count). The lowest BCUT2D eigenvalue weighted by Crippen LogP contribution is -2.16. The Hall–Kier alpha value is -2.24. The molecule has 0 aliphatic heterocycles. The zero-order valence-electron chi connectivity index (χ0n) is 10.7. The van der Waals surface area contributed by atoms with Crippen LogP contribution in [0.3, 0.4) is 0 Å². The van der Waals surface area contributed by atoms with Gasteiger partial charge in [0.15, 0.2) is 5.82 Å². The lowest BCUT2D eigenvalue weighted by Gasteiger charge is -2.12. The van der Waals surface area contributed by atoms with Crippen LogP contribution in [-0.2, 0) is 11.3 Å². The maximum absolute atomic E-state index is 10.8. The van der Waals surface area contributed by atoms with Crippen LogP contribution in [0.4, 0.5) is 0 Å². The van der Waals surface area contributed by atoms with Crippen LogP contribution in [0.5, 0.6) is 0 Å². The number of benzene rings is 1. The van der Waals surface area contributed by atoms with Gasteiger partial charge in [0.1, 0.15) is 0 Å². The zero-order chi connectivity index (χ0) is 13.7. The first kappa shape index (κ1) is 13.2. The summed E-state index contributed by atoms with van der Waals surface area (Å²) in [7, 11) is 0. The van der Waals surface area contributed by atoms with Gasteiger partial charge in [0.25, 0.3) is 0 Å². The molecule has 0 fully saturated rings. The molecule has 1 aromatic heterocycles. The molecule has 1 heterocycles. The minimum absolute atomic E-state index is 0.0310. The molecule has 1 unspecified atom stereocenters. The Labute approximate surface area is 111 Å². The molecule has 19 heavy (non-hydrogen) atoms. The Balaban J connectivity index is 2.18. The molecular weight excluding hydrogens is 244 g/mol. The normalized spacial score (nSPS) is 12.3. The van der Waals surface area contributed by atoms with Gasteiger partial charge in [-0.1, -0.05) is 43.7 Å². The van der Waals surface area contributed by atoms with Gasteiger partial charge in [-0.25, -0.2) is 4.68 Å². The third-order valence-corrected chi connectivity index (χ3v) is 3.04. The predicted molar refractivity (Wildman–Crippen MR) is 69.3 cm³/mol. The number of aromatic nitrogens is 4. The molecule has 0 bridgehead atoms. The van der Waals surface area contributed by atoms with Crippen molar-refractivity contribution >= 4 is 5.97 Å². The van der Waals surface area contributed by atoms with E-state index in [0.717, 1.165) is 12.0 Å². The average Bonchev–Trinajstić information content (AvgIpc) is 2.86. The van der Waals surface area contributed by atoms with Crippen LogP contribution in [-0.4, -0.2) is 31.3 Å². The SMILES string of the molecule is CCC(CC(=O)O)Cn1nnnc1-c1ccccc1. The summed E-state index contributed by atoms with van der Waals surface area (Å²) in [5.74, 6) is -0.0888. The van der Waals surface area contributed by atoms with Gasteiger partial charge in [-0.15, -0.1) is 5.10 Å². The van der Waals surface area contributed by atoms with Gasteiger partial charge in [0.2, 0.25) is 0 Å². The number of tetrazole rings is 1. The van der Waals surface area contributed by atoms with Gasteiger partial charge in [-0.3, -0.25) is 4.79 Å². The minimum Gasteiger partial charge on any atom is -0.481 e. The van der Waals surface area contributed by atoms with Crippen LogP contribution < -0.4 is 0 Å². The Kier molecular flexibility index (Phi) is 4.22. The second-order valence-corrected chi connectivity index (χ2v) is 4.42. The van der Waals surface area contributed by atoms with Crippen LogP contribution in [0.2, 0.25) is 0 Å². The summed E-state index contributed by atoms with van der Waals surface area (Å²) in [5, 5.41) is 20.5. The molecule has 0 amide bonds. The van der Waals surface area contributed by atoms with Crippen LogP contribution in [0.15, 0.2) is 30.3 Å². The molecular formula is C13H16N4O2. The standard InChI is InChI=1S/C13H16N4O2/c1-2-10(8-12(18)19)9-17-13(14-15-16-17)11-6-4-3-5-7-11/h3-7,10H,2,8-9H2,1H3,(H,18,19). The molecule has 0 saturated heterocycles. The monoisotopic (exact) mass is 260 g/mol. The molecule has 1 atom stereocenters. The molecule has 100 valence electrons. The number of carbonyl (C=O) groups is 1. The van der Waals surface area contributed by atoms with Crippen molar-refractivity contribution in [2.24, 2.45) is 5.92 Å². The summed E-state index contributed by atoms with van der Waals surface area (Å²) in [5.41, 5.74) is 0.928. The van der Waals surface area contributed by atoms with Crippen LogP contribution in [0.25, 0.3) is 11.4 Å². The van der Waals surface area contributed by atoms with Crippen molar-refractivity contribution in [2.45, 2.75) is 26.3 Å². The number of carboxylic acid groups (broad SMARTS) is 1. The van der Waals surface area contributed by atoms with E-state index in [-0.39, 0.29) is 12.3 Å². The molecule has 6 heteroatoms. The van der Waals surface area contributed by atoms with E-state index in [9.17, 15) is 4.79 Å². The van der Waals surface area contributed by atoms with Gasteiger partial charge in [-0.05, 0) is 16.3 Å². The van der Waals surface area contributed by atoms with E-state index in [1.165, 1.54) is 0 Å². The maximum atomic E-state index is 10.8. The number of carboxylic acids is 1. The fourth-order valence-corrected chi connectivity index (χ4v) is 1.95. The fourth-order valence-electron chi connectivity index (χ4n) is 1.95. The van der Waals surface area contributed by atoms with E-state index in [2.05, 4.69) is 15.5 Å². The van der Waals surface area contributed by atoms with Gasteiger partial charge in [0.05, 0.1) is 0 Å². The Morgan fingerprint density at radius 2 is 2.11 bits per heavy atom. The molecule has 0 saturated carbocycles. The summed E-state index contributed by atoms with van der Waals surface area (Å²) in [4.78, 5) is 10.8. The van der Waals surface area contributed by atoms with Crippen LogP contribution >= 0.6 is 0 Å². The molecule has 0 radical (unpaired) electrons. The molecule has 0 aliphatic rings. The molecule has 1 N–H and O–H groups in total. The Bertz CT molecular complexity index is 539. The maximum Gasteiger partial charge on any atom is 0.303 e. The largest absolute Gasteiger partial charge is 0.481 e. The first-order chi connectivity index (χ1) is 9.20. The number of rotatable bonds is 6. The predicted octanol–water partition coefficient (Wildman–Crippen LogP) is 1.84. The van der Waals surface area contributed by atoms with Gasteiger partial charge in [-0.2, -0.15) is 0 Å². The van der Waals surface area contributed by atoms with Crippen molar-refractivity contribution in [3.05, 3.63) is 30.3 Å². The second kappa shape index (κ2) is 6.08. The van der Waals surface area contributed by atoms with Gasteiger partial charge < -0.3 is 5.11 Å². The third kappa shape index (κ3) is 3.37. The van der Waals surface area contributed by atoms with Gasteiger partial charge >= 0.3 is 5.97 Å². The molecule has 6 nitrogen and oxygen atoms in total. The van der Waals surface area contributed by atoms with Crippen molar-refractivity contribution in [1.29, 1.82) is 0 Å². The Morgan fingerprint density at radius 3 is 2.74 bits per heavy atom. The van der Waals surface area contributed by atoms with E-state index in [4.69, 9.17) is 5.11 Å². The first-order valence-corrected chi connectivity index (χ1v) is 6.24. The summed E-state index contributed by atoms with van der Waals surface area (Å²) >= 11 is 0. The van der Waals surface area contributed by atoms with Gasteiger partial charge in [0, 0.05) is 18.5 Å². The summed E-state index contributed by atoms with van der Waals surface area (Å²) in [6, 6.07) is 9.63. The van der Waals surface area contributed by atoms with E-state index in [0.29, 0.717) is 12.4 Å². The summed E-state index contributed by atoms with van der Waals surface area (Å²) in [6.45, 7) is 2.49. The third-order valence-electron chi connectivity index (χ3n) is 3.04. The summed E-state index contributed by atoms with van der Waals surface area (Å²) in [6.07, 6.45) is 0.908. The molecule has 0 spiro atoms. The fraction of sp³-hybridized carbons (Fsp3) is 0.385. The van der Waals surface area contributed by atoms with E-state index in [1.807, 2.05) is 37.3 Å². The average molecular weight is 260 g/mol. The zero-order valence-corrected chi connectivity index (χ0v) is 10.7. The quantitative estimate of drug-likeness (QED) is 0.857. The van der Waals surface area contributed by atoms with Crippen molar-refractivity contribution in [3.8, 4) is 11.4 Å². The number of hydrogen-bond donors (Lipinski definition) is 1. The Morgan fingerprint density at radius 1 is 1.37 bits per heavy atom. The topological polar surface area (TPSA) is 80.9 Å². The van der Waals surface area contributed by atoms with E-state index >= 15 is 0 Å². The molecule has 1 aromatic carbocycles. The number of hydrogen-bond acceptors (Lipinski definition) is 4. The van der Waals surface area contributed by atoms with Crippen molar-refractivity contribution in [3.63, 3.8) is 0 Å². The molecule has 2 aromatic rings. The highest BCUT2D eigenvalue weighted by atomic mass is 16.4. The summed E-state index contributed by atoms with van der Waals surface area (Å²) < 4.78 is 1.67. The number of nitrogens with zero attached hydrogens (tertiary/aromatic N) is 4. The smallest absolute Gasteiger partial charge is 0.303 e. The lowest BCUT2D eigenvalue weighted by molar-refractivity contribution is -0.138. The lowest BCUT2D eigenvalue weighted by atomic mass is 10.0. The van der Waals surface area contributed by atoms with Crippen molar-refractivity contribution < 1.29 is 9.90 Å². The highest BCUT2D eigenvalue weighted by Gasteiger charge is 2.16. The van der Waals surface area contributed by atoms with Crippen LogP contribution in [0, 0.1) is 5.92 Å². The van der Waals surface area contributed by atoms with Crippen LogP contribution in [0.1, 0.15) is 19.8 Å². The minimum atomic E-state index is -0.791. The number of aliphatic carboxylic acids is 1. The highest BCUT2D eigenvalue weighted by molar-refractivity contribution is 5.67. The van der Waals surface area contributed by atoms with E-state index in [1.54, 1.807) is 4.68 Å². The van der Waals surface area contributed by atoms with Crippen molar-refractivity contribution in [2.75, 3.05) is 0 Å². The second-order valence-electron chi connectivity index (χ2n) is 4.42. The van der Waals surface area contributed by atoms with E-state index < -0.39 is 5.97 Å². The highest BCUT2D eigenvalue weighted by Crippen LogP contribution is 2.18. The first-order valence-electron chi connectivity index (χ1n) is 6.24. The molecule has 0 aliphatic carbocycles.